The standard InChI is InChI=1S/C16H13ClFN3O2/c17-13-5-2-4-12(8-13)16(23)19-10-15(22)21-20-9-11-3-1-6-14(18)7-11/h1-9H,10H2,(H,19,23)(H,21,22). The summed E-state index contributed by atoms with van der Waals surface area (Å²) in [5, 5.41) is 6.56. The number of hydrazone groups is 1. The van der Waals surface area contributed by atoms with Crippen LogP contribution in [-0.4, -0.2) is 24.6 Å². The number of nitrogens with one attached hydrogen (secondary N) is 2. The molecule has 0 atom stereocenters. The van der Waals surface area contributed by atoms with Gasteiger partial charge in [0.1, 0.15) is 5.82 Å². The summed E-state index contributed by atoms with van der Waals surface area (Å²) in [7, 11) is 0. The van der Waals surface area contributed by atoms with E-state index in [1.165, 1.54) is 30.5 Å². The lowest BCUT2D eigenvalue weighted by molar-refractivity contribution is -0.120. The maximum atomic E-state index is 12.9. The lowest BCUT2D eigenvalue weighted by atomic mass is 10.2. The minimum absolute atomic E-state index is 0.244. The largest absolute Gasteiger partial charge is 0.343 e. The monoisotopic (exact) mass is 333 g/mol. The number of rotatable bonds is 5. The first-order valence-electron chi connectivity index (χ1n) is 6.66. The second-order valence-corrected chi connectivity index (χ2v) is 4.98. The van der Waals surface area contributed by atoms with E-state index in [4.69, 9.17) is 11.6 Å². The zero-order valence-electron chi connectivity index (χ0n) is 11.9. The summed E-state index contributed by atoms with van der Waals surface area (Å²) in [5.74, 6) is -1.32. The fourth-order valence-electron chi connectivity index (χ4n) is 1.70. The minimum Gasteiger partial charge on any atom is -0.343 e. The molecule has 0 saturated carbocycles. The molecule has 0 fully saturated rings. The van der Waals surface area contributed by atoms with E-state index in [0.717, 1.165) is 0 Å². The number of halogens is 2. The van der Waals surface area contributed by atoms with Gasteiger partial charge >= 0.3 is 0 Å². The summed E-state index contributed by atoms with van der Waals surface area (Å²) in [6, 6.07) is 12.1. The summed E-state index contributed by atoms with van der Waals surface area (Å²) in [4.78, 5) is 23.4. The predicted molar refractivity (Wildman–Crippen MR) is 85.9 cm³/mol. The summed E-state index contributed by atoms with van der Waals surface area (Å²) in [6.45, 7) is -0.244. The highest BCUT2D eigenvalue weighted by molar-refractivity contribution is 6.30. The van der Waals surface area contributed by atoms with Crippen molar-refractivity contribution in [1.82, 2.24) is 10.7 Å². The van der Waals surface area contributed by atoms with Gasteiger partial charge in [-0.25, -0.2) is 9.82 Å². The van der Waals surface area contributed by atoms with Gasteiger partial charge in [0.05, 0.1) is 12.8 Å². The van der Waals surface area contributed by atoms with E-state index in [9.17, 15) is 14.0 Å². The van der Waals surface area contributed by atoms with Crippen molar-refractivity contribution in [3.8, 4) is 0 Å². The van der Waals surface area contributed by atoms with E-state index in [0.29, 0.717) is 16.1 Å². The lowest BCUT2D eigenvalue weighted by Gasteiger charge is -2.04. The summed E-state index contributed by atoms with van der Waals surface area (Å²) in [5.41, 5.74) is 3.10. The molecular formula is C16H13ClFN3O2. The molecule has 0 saturated heterocycles. The third kappa shape index (κ3) is 5.52. The van der Waals surface area contributed by atoms with Crippen LogP contribution in [0, 0.1) is 5.82 Å². The molecule has 0 spiro atoms. The Morgan fingerprint density at radius 1 is 1.17 bits per heavy atom. The van der Waals surface area contributed by atoms with Crippen LogP contribution < -0.4 is 10.7 Å². The lowest BCUT2D eigenvalue weighted by Crippen LogP contribution is -2.34. The molecule has 0 radical (unpaired) electrons. The van der Waals surface area contributed by atoms with Gasteiger partial charge in [-0.2, -0.15) is 5.10 Å². The molecule has 2 N–H and O–H groups in total. The zero-order chi connectivity index (χ0) is 16.7. The smallest absolute Gasteiger partial charge is 0.259 e. The Balaban J connectivity index is 1.80. The van der Waals surface area contributed by atoms with Crippen LogP contribution in [0.25, 0.3) is 0 Å². The third-order valence-corrected chi connectivity index (χ3v) is 2.98. The topological polar surface area (TPSA) is 70.6 Å². The minimum atomic E-state index is -0.506. The van der Waals surface area contributed by atoms with Gasteiger partial charge in [0.15, 0.2) is 0 Å². The van der Waals surface area contributed by atoms with E-state index in [1.807, 2.05) is 0 Å². The van der Waals surface area contributed by atoms with Crippen LogP contribution in [0.15, 0.2) is 53.6 Å². The van der Waals surface area contributed by atoms with Crippen molar-refractivity contribution < 1.29 is 14.0 Å². The van der Waals surface area contributed by atoms with Crippen molar-refractivity contribution in [2.75, 3.05) is 6.54 Å². The Bertz CT molecular complexity index is 750. The molecule has 0 aliphatic carbocycles. The van der Waals surface area contributed by atoms with Crippen LogP contribution in [0.3, 0.4) is 0 Å². The maximum absolute atomic E-state index is 12.9. The van der Waals surface area contributed by atoms with Gasteiger partial charge in [0.2, 0.25) is 0 Å². The molecule has 2 aromatic carbocycles. The molecular weight excluding hydrogens is 321 g/mol. The number of benzene rings is 2. The average molecular weight is 334 g/mol. The fraction of sp³-hybridized carbons (Fsp3) is 0.0625. The summed E-state index contributed by atoms with van der Waals surface area (Å²) >= 11 is 5.78. The third-order valence-electron chi connectivity index (χ3n) is 2.75. The Morgan fingerprint density at radius 3 is 2.70 bits per heavy atom. The molecule has 0 aromatic heterocycles. The summed E-state index contributed by atoms with van der Waals surface area (Å²) in [6.07, 6.45) is 1.31. The Hall–Kier alpha value is -2.73. The highest BCUT2D eigenvalue weighted by atomic mass is 35.5. The molecule has 0 aliphatic rings. The molecule has 0 bridgehead atoms. The molecule has 23 heavy (non-hydrogen) atoms. The van der Waals surface area contributed by atoms with Crippen LogP contribution in [0.2, 0.25) is 5.02 Å². The van der Waals surface area contributed by atoms with Gasteiger partial charge in [0.25, 0.3) is 11.8 Å². The molecule has 7 heteroatoms. The van der Waals surface area contributed by atoms with Crippen molar-refractivity contribution in [3.63, 3.8) is 0 Å². The predicted octanol–water partition coefficient (Wildman–Crippen LogP) is 2.36. The van der Waals surface area contributed by atoms with Gasteiger partial charge < -0.3 is 5.32 Å². The number of carbonyl (C=O) groups is 2. The quantitative estimate of drug-likeness (QED) is 0.651. The molecule has 2 aromatic rings. The molecule has 2 amide bonds. The van der Waals surface area contributed by atoms with Crippen LogP contribution in [-0.2, 0) is 4.79 Å². The Morgan fingerprint density at radius 2 is 1.96 bits per heavy atom. The van der Waals surface area contributed by atoms with Crippen LogP contribution >= 0.6 is 11.6 Å². The first-order chi connectivity index (χ1) is 11.0. The van der Waals surface area contributed by atoms with E-state index >= 15 is 0 Å². The molecule has 0 aliphatic heterocycles. The first kappa shape index (κ1) is 16.6. The highest BCUT2D eigenvalue weighted by Crippen LogP contribution is 2.10. The number of carbonyl (C=O) groups excluding carboxylic acids is 2. The van der Waals surface area contributed by atoms with E-state index in [1.54, 1.807) is 24.3 Å². The first-order valence-corrected chi connectivity index (χ1v) is 7.03. The van der Waals surface area contributed by atoms with E-state index < -0.39 is 17.6 Å². The van der Waals surface area contributed by atoms with Crippen molar-refractivity contribution in [2.24, 2.45) is 5.10 Å². The second kappa shape index (κ2) is 8.05. The van der Waals surface area contributed by atoms with Gasteiger partial charge in [0, 0.05) is 10.6 Å². The van der Waals surface area contributed by atoms with Gasteiger partial charge in [-0.15, -0.1) is 0 Å². The van der Waals surface area contributed by atoms with Gasteiger partial charge in [-0.05, 0) is 35.9 Å². The SMILES string of the molecule is O=C(CNC(=O)c1cccc(Cl)c1)NN=Cc1cccc(F)c1. The van der Waals surface area contributed by atoms with Crippen LogP contribution in [0.5, 0.6) is 0 Å². The second-order valence-electron chi connectivity index (χ2n) is 4.54. The van der Waals surface area contributed by atoms with Gasteiger partial charge in [-0.3, -0.25) is 9.59 Å². The maximum Gasteiger partial charge on any atom is 0.259 e. The highest BCUT2D eigenvalue weighted by Gasteiger charge is 2.07. The Labute approximate surface area is 137 Å². The molecule has 118 valence electrons. The van der Waals surface area contributed by atoms with Crippen molar-refractivity contribution in [1.29, 1.82) is 0 Å². The Kier molecular flexibility index (Phi) is 5.82. The van der Waals surface area contributed by atoms with Crippen molar-refractivity contribution >= 4 is 29.6 Å². The molecule has 0 unspecified atom stereocenters. The number of nitrogens with zero attached hydrogens (tertiary/aromatic N) is 1. The number of amides is 2. The summed E-state index contributed by atoms with van der Waals surface area (Å²) < 4.78 is 12.9. The van der Waals surface area contributed by atoms with Gasteiger partial charge in [-0.1, -0.05) is 29.8 Å². The number of hydrogen-bond donors (Lipinski definition) is 2. The fourth-order valence-corrected chi connectivity index (χ4v) is 1.89. The molecule has 2 rings (SSSR count). The molecule has 5 nitrogen and oxygen atoms in total. The van der Waals surface area contributed by atoms with E-state index in [-0.39, 0.29) is 6.54 Å². The normalized spacial score (nSPS) is 10.5. The average Bonchev–Trinajstić information content (AvgIpc) is 2.52. The van der Waals surface area contributed by atoms with Crippen LogP contribution in [0.4, 0.5) is 4.39 Å². The van der Waals surface area contributed by atoms with Crippen LogP contribution in [0.1, 0.15) is 15.9 Å². The van der Waals surface area contributed by atoms with Crippen molar-refractivity contribution in [2.45, 2.75) is 0 Å². The number of hydrogen-bond acceptors (Lipinski definition) is 3. The zero-order valence-corrected chi connectivity index (χ0v) is 12.7. The molecule has 0 heterocycles. The van der Waals surface area contributed by atoms with E-state index in [2.05, 4.69) is 15.8 Å². The van der Waals surface area contributed by atoms with Crippen molar-refractivity contribution in [3.05, 3.63) is 70.5 Å².